The van der Waals surface area contributed by atoms with Gasteiger partial charge in [0, 0.05) is 48.8 Å². The van der Waals surface area contributed by atoms with Crippen molar-refractivity contribution in [3.8, 4) is 11.1 Å². The van der Waals surface area contributed by atoms with E-state index in [0.29, 0.717) is 53.1 Å². The quantitative estimate of drug-likeness (QED) is 0.115. The smallest absolute Gasteiger partial charge is 0.293 e. The van der Waals surface area contributed by atoms with E-state index in [-0.39, 0.29) is 41.7 Å². The number of nitrogens with one attached hydrogen (secondary N) is 3. The van der Waals surface area contributed by atoms with E-state index in [0.717, 1.165) is 21.9 Å². The van der Waals surface area contributed by atoms with Crippen LogP contribution in [0, 0.1) is 17.6 Å². The summed E-state index contributed by atoms with van der Waals surface area (Å²) in [7, 11) is 1.75. The van der Waals surface area contributed by atoms with Gasteiger partial charge < -0.3 is 16.0 Å². The van der Waals surface area contributed by atoms with E-state index in [9.17, 15) is 35.9 Å². The van der Waals surface area contributed by atoms with Crippen LogP contribution >= 0.6 is 0 Å². The van der Waals surface area contributed by atoms with Crippen molar-refractivity contribution in [2.24, 2.45) is 5.92 Å². The molecule has 0 saturated heterocycles. The van der Waals surface area contributed by atoms with Gasteiger partial charge in [0.25, 0.3) is 11.8 Å². The van der Waals surface area contributed by atoms with Crippen LogP contribution in [0.5, 0.6) is 0 Å². The third kappa shape index (κ3) is 6.22. The Morgan fingerprint density at radius 1 is 1.12 bits per heavy atom. The molecule has 0 radical (unpaired) electrons. The highest BCUT2D eigenvalue weighted by Gasteiger charge is 2.66. The van der Waals surface area contributed by atoms with Crippen LogP contribution < -0.4 is 16.0 Å². The van der Waals surface area contributed by atoms with Crippen LogP contribution in [-0.4, -0.2) is 40.8 Å². The minimum Gasteiger partial charge on any atom is -0.386 e. The summed E-state index contributed by atoms with van der Waals surface area (Å²) in [5, 5.41) is 12.4. The number of nitrogens with zero attached hydrogens (tertiary/aromatic N) is 3. The van der Waals surface area contributed by atoms with E-state index in [1.165, 1.54) is 12.1 Å². The number of aryl methyl sites for hydroxylation is 1. The van der Waals surface area contributed by atoms with Crippen molar-refractivity contribution >= 4 is 24.1 Å². The SMILES string of the molecule is C=Cc1nc(C(Cc2cc(F)cc(F)c2)NC=O)c(-c2ccc3c(c2)C(=O)NC3)cc1NC.CCn1nc(C(F)CF)c2c1C(F)(F)C1CC21. The van der Waals surface area contributed by atoms with E-state index in [2.05, 4.69) is 27.6 Å². The first-order valence-electron chi connectivity index (χ1n) is 16.1. The summed E-state index contributed by atoms with van der Waals surface area (Å²) in [5.41, 5.74) is 4.94. The molecule has 0 bridgehead atoms. The molecule has 7 rings (SSSR count). The molecule has 4 atom stereocenters. The van der Waals surface area contributed by atoms with Crippen LogP contribution in [0.25, 0.3) is 17.2 Å². The monoisotopic (exact) mass is 696 g/mol. The van der Waals surface area contributed by atoms with Gasteiger partial charge in [-0.1, -0.05) is 18.7 Å². The van der Waals surface area contributed by atoms with Crippen molar-refractivity contribution < 1.29 is 35.9 Å². The number of fused-ring (bicyclic) bond motifs is 4. The number of hydrogen-bond donors (Lipinski definition) is 3. The molecule has 3 aliphatic rings. The van der Waals surface area contributed by atoms with Crippen LogP contribution in [0.3, 0.4) is 0 Å². The molecule has 2 aliphatic carbocycles. The van der Waals surface area contributed by atoms with Gasteiger partial charge in [-0.15, -0.1) is 0 Å². The number of carbonyl (C=O) groups excluding carboxylic acids is 2. The fourth-order valence-electron chi connectivity index (χ4n) is 6.89. The topological polar surface area (TPSA) is 101 Å². The lowest BCUT2D eigenvalue weighted by atomic mass is 9.93. The molecule has 2 aromatic heterocycles. The van der Waals surface area contributed by atoms with Gasteiger partial charge >= 0.3 is 0 Å². The van der Waals surface area contributed by atoms with Gasteiger partial charge in [-0.3, -0.25) is 14.3 Å². The number of aromatic nitrogens is 3. The lowest BCUT2D eigenvalue weighted by Gasteiger charge is -2.22. The summed E-state index contributed by atoms with van der Waals surface area (Å²) in [5.74, 6) is -5.54. The summed E-state index contributed by atoms with van der Waals surface area (Å²) in [6, 6.07) is 9.94. The normalized spacial score (nSPS) is 18.8. The number of pyridine rings is 1. The number of benzene rings is 2. The van der Waals surface area contributed by atoms with Crippen molar-refractivity contribution in [2.45, 2.75) is 56.9 Å². The average Bonchev–Trinajstić information content (AvgIpc) is 3.60. The molecule has 4 unspecified atom stereocenters. The molecule has 1 aliphatic heterocycles. The number of amides is 2. The third-order valence-corrected chi connectivity index (χ3v) is 9.30. The second kappa shape index (κ2) is 13.6. The molecule has 2 amide bonds. The number of carbonyl (C=O) groups is 2. The molecule has 4 aromatic rings. The van der Waals surface area contributed by atoms with Crippen LogP contribution in [0.2, 0.25) is 0 Å². The van der Waals surface area contributed by atoms with E-state index in [1.54, 1.807) is 26.1 Å². The molecule has 2 aromatic carbocycles. The maximum absolute atomic E-state index is 13.9. The summed E-state index contributed by atoms with van der Waals surface area (Å²) < 4.78 is 82.3. The Labute approximate surface area is 284 Å². The van der Waals surface area contributed by atoms with Gasteiger partial charge in [0.15, 0.2) is 6.17 Å². The Kier molecular flexibility index (Phi) is 9.47. The lowest BCUT2D eigenvalue weighted by Crippen LogP contribution is -2.24. The van der Waals surface area contributed by atoms with Crippen LogP contribution in [0.15, 0.2) is 49.0 Å². The highest BCUT2D eigenvalue weighted by Crippen LogP contribution is 2.68. The van der Waals surface area contributed by atoms with Gasteiger partial charge in [-0.25, -0.2) is 22.5 Å². The van der Waals surface area contributed by atoms with Gasteiger partial charge in [-0.05, 0) is 72.7 Å². The first-order chi connectivity index (χ1) is 23.9. The van der Waals surface area contributed by atoms with E-state index < -0.39 is 42.4 Å². The molecule has 3 N–H and O–H groups in total. The van der Waals surface area contributed by atoms with Crippen LogP contribution in [-0.2, 0) is 30.2 Å². The highest BCUT2D eigenvalue weighted by molar-refractivity contribution is 5.99. The molecule has 8 nitrogen and oxygen atoms in total. The van der Waals surface area contributed by atoms with Gasteiger partial charge in [0.2, 0.25) is 6.41 Å². The van der Waals surface area contributed by atoms with Crippen molar-refractivity contribution in [1.29, 1.82) is 0 Å². The summed E-state index contributed by atoms with van der Waals surface area (Å²) in [4.78, 5) is 28.4. The third-order valence-electron chi connectivity index (χ3n) is 9.30. The minimum absolute atomic E-state index is 0.105. The number of hydrogen-bond acceptors (Lipinski definition) is 5. The molecule has 14 heteroatoms. The largest absolute Gasteiger partial charge is 0.386 e. The first kappa shape index (κ1) is 34.7. The highest BCUT2D eigenvalue weighted by atomic mass is 19.3. The molecule has 1 saturated carbocycles. The number of alkyl halides is 4. The average molecular weight is 697 g/mol. The lowest BCUT2D eigenvalue weighted by molar-refractivity contribution is -0.110. The zero-order chi connectivity index (χ0) is 35.9. The predicted molar refractivity (Wildman–Crippen MR) is 175 cm³/mol. The molecule has 50 heavy (non-hydrogen) atoms. The van der Waals surface area contributed by atoms with Gasteiger partial charge in [-0.2, -0.15) is 13.9 Å². The van der Waals surface area contributed by atoms with Gasteiger partial charge in [0.1, 0.15) is 29.7 Å². The maximum Gasteiger partial charge on any atom is 0.293 e. The first-order valence-corrected chi connectivity index (χ1v) is 16.1. The maximum atomic E-state index is 13.9. The van der Waals surface area contributed by atoms with E-state index >= 15 is 0 Å². The molecule has 262 valence electrons. The zero-order valence-corrected chi connectivity index (χ0v) is 27.2. The van der Waals surface area contributed by atoms with Crippen LogP contribution in [0.1, 0.15) is 81.3 Å². The van der Waals surface area contributed by atoms with Gasteiger partial charge in [0.05, 0.1) is 23.1 Å². The van der Waals surface area contributed by atoms with Crippen molar-refractivity contribution in [3.05, 3.63) is 106 Å². The van der Waals surface area contributed by atoms with Crippen LogP contribution in [0.4, 0.5) is 32.0 Å². The second-order valence-electron chi connectivity index (χ2n) is 12.3. The fourth-order valence-corrected chi connectivity index (χ4v) is 6.89. The van der Waals surface area contributed by atoms with Crippen molar-refractivity contribution in [3.63, 3.8) is 0 Å². The number of anilines is 1. The Hall–Kier alpha value is -5.14. The summed E-state index contributed by atoms with van der Waals surface area (Å²) in [6.45, 7) is 4.98. The van der Waals surface area contributed by atoms with Crippen molar-refractivity contribution in [2.75, 3.05) is 19.0 Å². The van der Waals surface area contributed by atoms with Crippen molar-refractivity contribution in [1.82, 2.24) is 25.4 Å². The standard InChI is InChI=1S/C25H22F2N4O2.C11H12F4N2/c1-3-21-22(28-2)11-19(15-4-5-16-12-29-25(33)20(16)9-15)24(31-21)23(30-13-32)8-14-6-17(26)10-18(27)7-14;1-2-17-10-8(9(16-17)7(13)4-12)5-3-6(5)11(10,14)15/h3-7,9-11,13,23,28H,1,8,12H2,2H3,(H,29,33)(H,30,32);5-7H,2-4H2,1H3. The summed E-state index contributed by atoms with van der Waals surface area (Å²) >= 11 is 0. The Morgan fingerprint density at radius 3 is 2.50 bits per heavy atom. The summed E-state index contributed by atoms with van der Waals surface area (Å²) in [6.07, 6.45) is 0.693. The molecular weight excluding hydrogens is 662 g/mol. The minimum atomic E-state index is -2.93. The number of halogens is 6. The number of rotatable bonds is 11. The predicted octanol–water partition coefficient (Wildman–Crippen LogP) is 7.08. The second-order valence-corrected chi connectivity index (χ2v) is 12.3. The molecule has 0 spiro atoms. The Balaban J connectivity index is 0.000000212. The van der Waals surface area contributed by atoms with E-state index in [4.69, 9.17) is 4.98 Å². The molecule has 3 heterocycles. The molecule has 1 fully saturated rings. The Bertz CT molecular complexity index is 1960. The zero-order valence-electron chi connectivity index (χ0n) is 27.2. The molecular formula is C36H34F6N6O2. The Morgan fingerprint density at radius 2 is 1.86 bits per heavy atom. The fraction of sp³-hybridized carbons (Fsp3) is 0.333. The van der Waals surface area contributed by atoms with E-state index in [1.807, 2.05) is 18.2 Å².